The summed E-state index contributed by atoms with van der Waals surface area (Å²) >= 11 is 1.54. The van der Waals surface area contributed by atoms with Gasteiger partial charge >= 0.3 is 12.1 Å². The van der Waals surface area contributed by atoms with E-state index in [1.807, 2.05) is 0 Å². The Morgan fingerprint density at radius 3 is 2.76 bits per heavy atom. The number of amides is 3. The first kappa shape index (κ1) is 14.1. The number of aromatic nitrogens is 1. The minimum Gasteiger partial charge on any atom is -0.437 e. The van der Waals surface area contributed by atoms with Crippen molar-refractivity contribution in [2.75, 3.05) is 32.0 Å². The number of nitrogens with zero attached hydrogens (tertiary/aromatic N) is 3. The predicted octanol–water partition coefficient (Wildman–Crippen LogP) is 1.93. The summed E-state index contributed by atoms with van der Waals surface area (Å²) in [5, 5.41) is 2.83. The van der Waals surface area contributed by atoms with Crippen LogP contribution < -0.4 is 5.32 Å². The summed E-state index contributed by atoms with van der Waals surface area (Å²) in [7, 11) is 1.70. The standard InChI is InChI=1S/C13H18N4O3S/c1-8(2)9-10(14-7-21-9)15-11(18)17-5-13(6-17)4-16(3)12(19)20-13/h7-8H,4-6H2,1-3H3,(H,15,18). The van der Waals surface area contributed by atoms with Gasteiger partial charge in [-0.05, 0) is 5.92 Å². The van der Waals surface area contributed by atoms with Gasteiger partial charge in [-0.3, -0.25) is 5.32 Å². The van der Waals surface area contributed by atoms with E-state index in [0.29, 0.717) is 31.4 Å². The quantitative estimate of drug-likeness (QED) is 0.906. The number of anilines is 1. The number of carbonyl (C=O) groups is 2. The third-order valence-electron chi connectivity index (χ3n) is 3.73. The summed E-state index contributed by atoms with van der Waals surface area (Å²) in [6.07, 6.45) is -0.323. The fourth-order valence-corrected chi connectivity index (χ4v) is 3.45. The van der Waals surface area contributed by atoms with Gasteiger partial charge in [-0.1, -0.05) is 13.8 Å². The molecule has 0 aliphatic carbocycles. The second-order valence-electron chi connectivity index (χ2n) is 5.91. The number of rotatable bonds is 2. The van der Waals surface area contributed by atoms with E-state index in [2.05, 4.69) is 24.1 Å². The monoisotopic (exact) mass is 310 g/mol. The Bertz CT molecular complexity index is 580. The summed E-state index contributed by atoms with van der Waals surface area (Å²) in [4.78, 5) is 32.0. The average Bonchev–Trinajstić information content (AvgIpc) is 2.93. The van der Waals surface area contributed by atoms with Crippen LogP contribution in [0.2, 0.25) is 0 Å². The topological polar surface area (TPSA) is 74.8 Å². The smallest absolute Gasteiger partial charge is 0.410 e. The van der Waals surface area contributed by atoms with Crippen molar-refractivity contribution in [1.82, 2.24) is 14.8 Å². The fourth-order valence-electron chi connectivity index (χ4n) is 2.69. The second-order valence-corrected chi connectivity index (χ2v) is 6.80. The molecule has 1 N–H and O–H groups in total. The van der Waals surface area contributed by atoms with Crippen molar-refractivity contribution in [1.29, 1.82) is 0 Å². The zero-order chi connectivity index (χ0) is 15.2. The number of thiazole rings is 1. The molecule has 114 valence electrons. The van der Waals surface area contributed by atoms with Crippen LogP contribution >= 0.6 is 11.3 Å². The van der Waals surface area contributed by atoms with E-state index in [1.165, 1.54) is 16.2 Å². The molecule has 7 nitrogen and oxygen atoms in total. The number of urea groups is 1. The van der Waals surface area contributed by atoms with Crippen molar-refractivity contribution in [2.24, 2.45) is 0 Å². The Labute approximate surface area is 126 Å². The minimum absolute atomic E-state index is 0.195. The van der Waals surface area contributed by atoms with Crippen LogP contribution in [0, 0.1) is 0 Å². The molecule has 0 bridgehead atoms. The molecule has 2 aliphatic rings. The zero-order valence-corrected chi connectivity index (χ0v) is 13.1. The maximum absolute atomic E-state index is 12.2. The molecule has 1 aromatic rings. The van der Waals surface area contributed by atoms with Crippen LogP contribution in [0.3, 0.4) is 0 Å². The van der Waals surface area contributed by atoms with Gasteiger partial charge in [0.2, 0.25) is 0 Å². The number of carbonyl (C=O) groups excluding carboxylic acids is 2. The number of nitrogens with one attached hydrogen (secondary N) is 1. The molecule has 8 heteroatoms. The lowest BCUT2D eigenvalue weighted by atomic mass is 9.95. The lowest BCUT2D eigenvalue weighted by Crippen LogP contribution is -2.66. The fraction of sp³-hybridized carbons (Fsp3) is 0.615. The van der Waals surface area contributed by atoms with Crippen molar-refractivity contribution in [3.63, 3.8) is 0 Å². The lowest BCUT2D eigenvalue weighted by Gasteiger charge is -2.45. The van der Waals surface area contributed by atoms with Crippen LogP contribution in [0.15, 0.2) is 5.51 Å². The van der Waals surface area contributed by atoms with Gasteiger partial charge in [0.25, 0.3) is 0 Å². The van der Waals surface area contributed by atoms with Gasteiger partial charge in [-0.2, -0.15) is 0 Å². The second kappa shape index (κ2) is 4.87. The molecule has 0 saturated carbocycles. The largest absolute Gasteiger partial charge is 0.437 e. The molecule has 3 rings (SSSR count). The molecule has 21 heavy (non-hydrogen) atoms. The van der Waals surface area contributed by atoms with E-state index in [9.17, 15) is 9.59 Å². The number of hydrogen-bond acceptors (Lipinski definition) is 5. The van der Waals surface area contributed by atoms with Gasteiger partial charge in [0.05, 0.1) is 30.0 Å². The van der Waals surface area contributed by atoms with Crippen LogP contribution in [0.5, 0.6) is 0 Å². The highest BCUT2D eigenvalue weighted by molar-refractivity contribution is 7.10. The third-order valence-corrected chi connectivity index (χ3v) is 4.86. The summed E-state index contributed by atoms with van der Waals surface area (Å²) in [5.41, 5.74) is 1.21. The van der Waals surface area contributed by atoms with E-state index in [1.54, 1.807) is 17.5 Å². The highest BCUT2D eigenvalue weighted by atomic mass is 32.1. The first-order chi connectivity index (χ1) is 9.90. The van der Waals surface area contributed by atoms with Gasteiger partial charge in [-0.15, -0.1) is 11.3 Å². The van der Waals surface area contributed by atoms with Crippen molar-refractivity contribution < 1.29 is 14.3 Å². The zero-order valence-electron chi connectivity index (χ0n) is 12.3. The maximum atomic E-state index is 12.2. The van der Waals surface area contributed by atoms with Gasteiger partial charge in [0, 0.05) is 7.05 Å². The van der Waals surface area contributed by atoms with Crippen LogP contribution in [0.1, 0.15) is 24.6 Å². The molecule has 2 aliphatic heterocycles. The van der Waals surface area contributed by atoms with Crippen LogP contribution in [0.4, 0.5) is 15.4 Å². The molecular weight excluding hydrogens is 292 g/mol. The Hall–Kier alpha value is -1.83. The molecular formula is C13H18N4O3S. The number of likely N-dealkylation sites (N-methyl/N-ethyl adjacent to an activating group) is 1. The lowest BCUT2D eigenvalue weighted by molar-refractivity contribution is -0.0488. The molecule has 2 saturated heterocycles. The van der Waals surface area contributed by atoms with E-state index in [4.69, 9.17) is 4.74 Å². The van der Waals surface area contributed by atoms with Crippen molar-refractivity contribution in [3.8, 4) is 0 Å². The van der Waals surface area contributed by atoms with Crippen LogP contribution in [-0.2, 0) is 4.74 Å². The summed E-state index contributed by atoms with van der Waals surface area (Å²) in [6, 6.07) is -0.195. The molecule has 0 unspecified atom stereocenters. The number of hydrogen-bond donors (Lipinski definition) is 1. The molecule has 1 spiro atoms. The van der Waals surface area contributed by atoms with E-state index in [0.717, 1.165) is 4.88 Å². The summed E-state index contributed by atoms with van der Waals surface area (Å²) < 4.78 is 5.33. The van der Waals surface area contributed by atoms with Gasteiger partial charge in [0.15, 0.2) is 5.60 Å². The molecule has 0 aromatic carbocycles. The van der Waals surface area contributed by atoms with Gasteiger partial charge in [0.1, 0.15) is 5.82 Å². The molecule has 0 radical (unpaired) electrons. The van der Waals surface area contributed by atoms with E-state index in [-0.39, 0.29) is 12.1 Å². The van der Waals surface area contributed by atoms with Crippen molar-refractivity contribution >= 4 is 29.3 Å². The van der Waals surface area contributed by atoms with Crippen LogP contribution in [-0.4, -0.2) is 59.2 Å². The molecule has 0 atom stereocenters. The normalized spacial score (nSPS) is 19.9. The molecule has 3 heterocycles. The first-order valence-electron chi connectivity index (χ1n) is 6.84. The Kier molecular flexibility index (Phi) is 3.27. The summed E-state index contributed by atoms with van der Waals surface area (Å²) in [5.74, 6) is 0.946. The average molecular weight is 310 g/mol. The summed E-state index contributed by atoms with van der Waals surface area (Å²) in [6.45, 7) is 5.51. The Morgan fingerprint density at radius 2 is 2.19 bits per heavy atom. The molecule has 1 aromatic heterocycles. The van der Waals surface area contributed by atoms with Crippen LogP contribution in [0.25, 0.3) is 0 Å². The van der Waals surface area contributed by atoms with Gasteiger partial charge < -0.3 is 14.5 Å². The maximum Gasteiger partial charge on any atom is 0.410 e. The molecule has 2 fully saturated rings. The highest BCUT2D eigenvalue weighted by Crippen LogP contribution is 2.33. The SMILES string of the molecule is CC(C)c1scnc1NC(=O)N1CC2(CN(C)C(=O)O2)C1. The highest BCUT2D eigenvalue weighted by Gasteiger charge is 2.54. The number of likely N-dealkylation sites (tertiary alicyclic amines) is 1. The third kappa shape index (κ3) is 2.44. The predicted molar refractivity (Wildman–Crippen MR) is 78.6 cm³/mol. The number of ether oxygens (including phenoxy) is 1. The van der Waals surface area contributed by atoms with E-state index < -0.39 is 5.60 Å². The van der Waals surface area contributed by atoms with Crippen molar-refractivity contribution in [2.45, 2.75) is 25.4 Å². The Morgan fingerprint density at radius 1 is 1.48 bits per heavy atom. The molecule has 3 amide bonds. The first-order valence-corrected chi connectivity index (χ1v) is 7.71. The van der Waals surface area contributed by atoms with E-state index >= 15 is 0 Å². The van der Waals surface area contributed by atoms with Gasteiger partial charge in [-0.25, -0.2) is 14.6 Å². The van der Waals surface area contributed by atoms with Crippen molar-refractivity contribution in [3.05, 3.63) is 10.4 Å². The minimum atomic E-state index is -0.522. The Balaban J connectivity index is 1.59.